The van der Waals surface area contributed by atoms with Crippen molar-refractivity contribution in [2.75, 3.05) is 6.61 Å². The Kier molecular flexibility index (Phi) is 4.36. The Morgan fingerprint density at radius 1 is 1.14 bits per heavy atom. The van der Waals surface area contributed by atoms with Crippen molar-refractivity contribution in [3.63, 3.8) is 0 Å². The highest BCUT2D eigenvalue weighted by atomic mass is 19.1. The van der Waals surface area contributed by atoms with Gasteiger partial charge in [-0.2, -0.15) is 0 Å². The van der Waals surface area contributed by atoms with Gasteiger partial charge in [0.05, 0.1) is 6.61 Å². The second-order valence-corrected chi connectivity index (χ2v) is 3.11. The van der Waals surface area contributed by atoms with Crippen LogP contribution in [0, 0.1) is 11.6 Å². The molecule has 0 saturated heterocycles. The van der Waals surface area contributed by atoms with Gasteiger partial charge in [-0.1, -0.05) is 25.8 Å². The zero-order valence-electron chi connectivity index (χ0n) is 8.22. The molecule has 0 bridgehead atoms. The van der Waals surface area contributed by atoms with Gasteiger partial charge in [0.1, 0.15) is 0 Å². The monoisotopic (exact) mass is 200 g/mol. The van der Waals surface area contributed by atoms with Gasteiger partial charge in [-0.3, -0.25) is 0 Å². The average molecular weight is 200 g/mol. The summed E-state index contributed by atoms with van der Waals surface area (Å²) < 4.78 is 31.0. The molecule has 0 heterocycles. The maximum atomic E-state index is 13.0. The van der Waals surface area contributed by atoms with Gasteiger partial charge in [0, 0.05) is 0 Å². The molecule has 1 rings (SSSR count). The molecule has 78 valence electrons. The molecule has 0 atom stereocenters. The molecule has 0 aromatic heterocycles. The van der Waals surface area contributed by atoms with Crippen molar-refractivity contribution < 1.29 is 13.5 Å². The minimum absolute atomic E-state index is 0.261. The van der Waals surface area contributed by atoms with Crippen molar-refractivity contribution in [1.29, 1.82) is 0 Å². The van der Waals surface area contributed by atoms with Crippen LogP contribution in [0.2, 0.25) is 0 Å². The lowest BCUT2D eigenvalue weighted by atomic mass is 10.2. The van der Waals surface area contributed by atoms with Crippen molar-refractivity contribution in [3.8, 4) is 5.75 Å². The summed E-state index contributed by atoms with van der Waals surface area (Å²) in [6.45, 7) is 2.43. The highest BCUT2D eigenvalue weighted by molar-refractivity contribution is 5.25. The smallest absolute Gasteiger partial charge is 0.190 e. The highest BCUT2D eigenvalue weighted by Gasteiger charge is 2.08. The zero-order chi connectivity index (χ0) is 10.4. The average Bonchev–Trinajstić information content (AvgIpc) is 2.16. The van der Waals surface area contributed by atoms with E-state index in [0.29, 0.717) is 6.61 Å². The van der Waals surface area contributed by atoms with E-state index in [9.17, 15) is 8.78 Å². The third-order valence-electron chi connectivity index (χ3n) is 1.91. The fourth-order valence-corrected chi connectivity index (χ4v) is 1.15. The first-order chi connectivity index (χ1) is 6.75. The first-order valence-corrected chi connectivity index (χ1v) is 4.82. The van der Waals surface area contributed by atoms with E-state index in [1.807, 2.05) is 0 Å². The molecule has 0 N–H and O–H groups in total. The third kappa shape index (κ3) is 2.98. The molecule has 14 heavy (non-hydrogen) atoms. The lowest BCUT2D eigenvalue weighted by Gasteiger charge is -2.07. The van der Waals surface area contributed by atoms with E-state index in [-0.39, 0.29) is 5.75 Å². The maximum absolute atomic E-state index is 13.0. The number of ether oxygens (including phenoxy) is 1. The molecular formula is C11H14F2O. The summed E-state index contributed by atoms with van der Waals surface area (Å²) in [6, 6.07) is 3.71. The van der Waals surface area contributed by atoms with Gasteiger partial charge in [0.2, 0.25) is 0 Å². The third-order valence-corrected chi connectivity index (χ3v) is 1.91. The van der Waals surface area contributed by atoms with Crippen LogP contribution in [0.5, 0.6) is 5.75 Å². The Morgan fingerprint density at radius 2 is 1.79 bits per heavy atom. The molecule has 1 nitrogen and oxygen atoms in total. The maximum Gasteiger partial charge on any atom is 0.190 e. The van der Waals surface area contributed by atoms with Crippen LogP contribution in [0.4, 0.5) is 8.78 Å². The van der Waals surface area contributed by atoms with E-state index >= 15 is 0 Å². The van der Waals surface area contributed by atoms with Crippen molar-refractivity contribution in [3.05, 3.63) is 29.8 Å². The van der Waals surface area contributed by atoms with Crippen LogP contribution in [0.3, 0.4) is 0 Å². The van der Waals surface area contributed by atoms with Gasteiger partial charge in [-0.25, -0.2) is 8.78 Å². The molecule has 0 spiro atoms. The van der Waals surface area contributed by atoms with Gasteiger partial charge >= 0.3 is 0 Å². The minimum atomic E-state index is -0.638. The van der Waals surface area contributed by atoms with E-state index in [2.05, 4.69) is 6.92 Å². The topological polar surface area (TPSA) is 9.23 Å². The predicted molar refractivity (Wildman–Crippen MR) is 51.4 cm³/mol. The molecule has 0 unspecified atom stereocenters. The second kappa shape index (κ2) is 5.58. The molecule has 0 fully saturated rings. The first kappa shape index (κ1) is 11.0. The largest absolute Gasteiger partial charge is 0.488 e. The molecule has 0 amide bonds. The summed E-state index contributed by atoms with van der Waals surface area (Å²) in [6.07, 6.45) is 2.89. The Hall–Kier alpha value is -1.12. The van der Waals surface area contributed by atoms with Gasteiger partial charge < -0.3 is 4.74 Å². The summed E-state index contributed by atoms with van der Waals surface area (Å²) in [5, 5.41) is 0. The molecule has 0 aliphatic carbocycles. The van der Waals surface area contributed by atoms with Crippen LogP contribution >= 0.6 is 0 Å². The lowest BCUT2D eigenvalue weighted by Crippen LogP contribution is -2.01. The highest BCUT2D eigenvalue weighted by Crippen LogP contribution is 2.20. The number of para-hydroxylation sites is 1. The molecule has 1 aromatic carbocycles. The fraction of sp³-hybridized carbons (Fsp3) is 0.455. The normalized spacial score (nSPS) is 10.2. The van der Waals surface area contributed by atoms with Gasteiger partial charge in [-0.05, 0) is 18.6 Å². The SMILES string of the molecule is CCCCCOc1c(F)cccc1F. The number of hydrogen-bond acceptors (Lipinski definition) is 1. The van der Waals surface area contributed by atoms with Crippen LogP contribution in [0.1, 0.15) is 26.2 Å². The van der Waals surface area contributed by atoms with Crippen LogP contribution in [0.15, 0.2) is 18.2 Å². The van der Waals surface area contributed by atoms with E-state index in [1.54, 1.807) is 0 Å². The predicted octanol–water partition coefficient (Wildman–Crippen LogP) is 3.53. The number of rotatable bonds is 5. The zero-order valence-corrected chi connectivity index (χ0v) is 8.22. The molecule has 3 heteroatoms. The Labute approximate surface area is 82.7 Å². The molecular weight excluding hydrogens is 186 g/mol. The minimum Gasteiger partial charge on any atom is -0.488 e. The number of unbranched alkanes of at least 4 members (excludes halogenated alkanes) is 2. The lowest BCUT2D eigenvalue weighted by molar-refractivity contribution is 0.276. The molecule has 0 aliphatic heterocycles. The van der Waals surface area contributed by atoms with Crippen LogP contribution in [0.25, 0.3) is 0 Å². The summed E-state index contributed by atoms with van der Waals surface area (Å²) in [7, 11) is 0. The molecule has 0 radical (unpaired) electrons. The fourth-order valence-electron chi connectivity index (χ4n) is 1.15. The van der Waals surface area contributed by atoms with Crippen molar-refractivity contribution in [1.82, 2.24) is 0 Å². The van der Waals surface area contributed by atoms with Crippen LogP contribution < -0.4 is 4.74 Å². The second-order valence-electron chi connectivity index (χ2n) is 3.11. The Bertz CT molecular complexity index is 266. The van der Waals surface area contributed by atoms with E-state index in [4.69, 9.17) is 4.74 Å². The summed E-state index contributed by atoms with van der Waals surface area (Å²) in [4.78, 5) is 0. The summed E-state index contributed by atoms with van der Waals surface area (Å²) in [5.41, 5.74) is 0. The van der Waals surface area contributed by atoms with E-state index in [1.165, 1.54) is 18.2 Å². The summed E-state index contributed by atoms with van der Waals surface area (Å²) >= 11 is 0. The van der Waals surface area contributed by atoms with Gasteiger partial charge in [-0.15, -0.1) is 0 Å². The van der Waals surface area contributed by atoms with E-state index < -0.39 is 11.6 Å². The molecule has 0 aliphatic rings. The van der Waals surface area contributed by atoms with E-state index in [0.717, 1.165) is 19.3 Å². The first-order valence-electron chi connectivity index (χ1n) is 4.82. The molecule has 1 aromatic rings. The number of benzene rings is 1. The van der Waals surface area contributed by atoms with Crippen molar-refractivity contribution >= 4 is 0 Å². The quantitative estimate of drug-likeness (QED) is 0.660. The number of halogens is 2. The van der Waals surface area contributed by atoms with Crippen molar-refractivity contribution in [2.24, 2.45) is 0 Å². The Balaban J connectivity index is 2.49. The number of hydrogen-bond donors (Lipinski definition) is 0. The Morgan fingerprint density at radius 3 is 2.36 bits per heavy atom. The molecule has 0 saturated carbocycles. The van der Waals surface area contributed by atoms with Gasteiger partial charge in [0.15, 0.2) is 17.4 Å². The van der Waals surface area contributed by atoms with Crippen molar-refractivity contribution in [2.45, 2.75) is 26.2 Å². The van der Waals surface area contributed by atoms with Crippen LogP contribution in [-0.4, -0.2) is 6.61 Å². The van der Waals surface area contributed by atoms with Crippen LogP contribution in [-0.2, 0) is 0 Å². The standard InChI is InChI=1S/C11H14F2O/c1-2-3-4-8-14-11-9(12)6-5-7-10(11)13/h5-7H,2-4,8H2,1H3. The summed E-state index contributed by atoms with van der Waals surface area (Å²) in [5.74, 6) is -1.54. The van der Waals surface area contributed by atoms with Gasteiger partial charge in [0.25, 0.3) is 0 Å².